The molecule has 0 radical (unpaired) electrons. The van der Waals surface area contributed by atoms with E-state index in [0.29, 0.717) is 18.7 Å². The van der Waals surface area contributed by atoms with Gasteiger partial charge in [0, 0.05) is 37.8 Å². The Balaban J connectivity index is 1.95. The molecule has 15 heavy (non-hydrogen) atoms. The van der Waals surface area contributed by atoms with Gasteiger partial charge in [0.1, 0.15) is 0 Å². The number of aryl methyl sites for hydroxylation is 2. The lowest BCUT2D eigenvalue weighted by Crippen LogP contribution is -2.06. The Morgan fingerprint density at radius 1 is 1.53 bits per heavy atom. The summed E-state index contributed by atoms with van der Waals surface area (Å²) in [6.45, 7) is 0. The molecule has 5 heteroatoms. The highest BCUT2D eigenvalue weighted by Gasteiger charge is 2.09. The average molecular weight is 204 g/mol. The number of hydrogen-bond acceptors (Lipinski definition) is 3. The minimum absolute atomic E-state index is 0.0289. The summed E-state index contributed by atoms with van der Waals surface area (Å²) in [6.07, 6.45) is 6.10. The smallest absolute Gasteiger partial charge is 0.198 e. The molecule has 0 unspecified atom stereocenters. The number of carbonyl (C=O) groups is 1. The molecule has 0 amide bonds. The molecule has 0 atom stereocenters. The van der Waals surface area contributed by atoms with Gasteiger partial charge in [0.2, 0.25) is 0 Å². The second-order valence-corrected chi connectivity index (χ2v) is 3.31. The van der Waals surface area contributed by atoms with Gasteiger partial charge in [0.25, 0.3) is 0 Å². The molecule has 0 bridgehead atoms. The number of imidazole rings is 1. The first kappa shape index (κ1) is 9.64. The molecule has 78 valence electrons. The van der Waals surface area contributed by atoms with Crippen LogP contribution in [0.5, 0.6) is 0 Å². The van der Waals surface area contributed by atoms with Crippen molar-refractivity contribution in [2.75, 3.05) is 0 Å². The van der Waals surface area contributed by atoms with E-state index in [1.807, 2.05) is 13.1 Å². The van der Waals surface area contributed by atoms with E-state index in [-0.39, 0.29) is 5.78 Å². The van der Waals surface area contributed by atoms with Gasteiger partial charge in [0.15, 0.2) is 11.6 Å². The van der Waals surface area contributed by atoms with E-state index in [0.717, 1.165) is 5.69 Å². The summed E-state index contributed by atoms with van der Waals surface area (Å²) in [5, 5.41) is 4.04. The molecule has 0 aromatic carbocycles. The minimum Gasteiger partial charge on any atom is -0.342 e. The van der Waals surface area contributed by atoms with Crippen LogP contribution in [0.15, 0.2) is 24.7 Å². The van der Waals surface area contributed by atoms with Crippen LogP contribution in [-0.2, 0) is 13.5 Å². The van der Waals surface area contributed by atoms with Crippen LogP contribution < -0.4 is 0 Å². The lowest BCUT2D eigenvalue weighted by molar-refractivity contribution is 0.0973. The number of nitrogens with one attached hydrogen (secondary N) is 1. The number of hydrogen-bond donors (Lipinski definition) is 1. The van der Waals surface area contributed by atoms with E-state index in [2.05, 4.69) is 15.1 Å². The highest BCUT2D eigenvalue weighted by Crippen LogP contribution is 2.04. The zero-order valence-corrected chi connectivity index (χ0v) is 8.47. The monoisotopic (exact) mass is 204 g/mol. The molecule has 2 aromatic rings. The molecule has 0 saturated heterocycles. The van der Waals surface area contributed by atoms with Crippen molar-refractivity contribution in [3.63, 3.8) is 0 Å². The lowest BCUT2D eigenvalue weighted by atomic mass is 10.1. The van der Waals surface area contributed by atoms with Crippen molar-refractivity contribution in [1.29, 1.82) is 0 Å². The van der Waals surface area contributed by atoms with Gasteiger partial charge >= 0.3 is 0 Å². The van der Waals surface area contributed by atoms with Crippen molar-refractivity contribution in [3.05, 3.63) is 36.2 Å². The fourth-order valence-corrected chi connectivity index (χ4v) is 1.42. The summed E-state index contributed by atoms with van der Waals surface area (Å²) in [7, 11) is 1.87. The maximum atomic E-state index is 11.6. The predicted molar refractivity (Wildman–Crippen MR) is 54.4 cm³/mol. The highest BCUT2D eigenvalue weighted by molar-refractivity contribution is 5.92. The second kappa shape index (κ2) is 4.08. The van der Waals surface area contributed by atoms with Gasteiger partial charge in [-0.25, -0.2) is 4.98 Å². The van der Waals surface area contributed by atoms with E-state index >= 15 is 0 Å². The van der Waals surface area contributed by atoms with Crippen molar-refractivity contribution >= 4 is 5.78 Å². The minimum atomic E-state index is 0.0289. The quantitative estimate of drug-likeness (QED) is 0.754. The molecule has 2 aromatic heterocycles. The summed E-state index contributed by atoms with van der Waals surface area (Å²) >= 11 is 0. The summed E-state index contributed by atoms with van der Waals surface area (Å²) in [4.78, 5) is 18.3. The van der Waals surface area contributed by atoms with Gasteiger partial charge < -0.3 is 4.98 Å². The Kier molecular flexibility index (Phi) is 2.62. The van der Waals surface area contributed by atoms with Crippen molar-refractivity contribution in [2.24, 2.45) is 7.05 Å². The number of aromatic amines is 1. The molecule has 0 fully saturated rings. The Hall–Kier alpha value is -1.91. The molecule has 1 N–H and O–H groups in total. The lowest BCUT2D eigenvalue weighted by Gasteiger charge is -1.99. The van der Waals surface area contributed by atoms with Gasteiger partial charge in [0.05, 0.1) is 0 Å². The molecule has 2 rings (SSSR count). The third-order valence-electron chi connectivity index (χ3n) is 2.29. The molecule has 5 nitrogen and oxygen atoms in total. The van der Waals surface area contributed by atoms with Crippen molar-refractivity contribution < 1.29 is 4.79 Å². The average Bonchev–Trinajstić information content (AvgIpc) is 2.85. The standard InChI is InChI=1S/C10H12N4O/c1-14-8(4-5-13-14)2-3-9(15)10-11-6-7-12-10/h4-7H,2-3H2,1H3,(H,11,12). The fraction of sp³-hybridized carbons (Fsp3) is 0.300. The predicted octanol–water partition coefficient (Wildman–Crippen LogP) is 0.959. The number of nitrogens with zero attached hydrogens (tertiary/aromatic N) is 3. The number of rotatable bonds is 4. The third-order valence-corrected chi connectivity index (χ3v) is 2.29. The van der Waals surface area contributed by atoms with E-state index in [9.17, 15) is 4.79 Å². The Labute approximate surface area is 87.1 Å². The summed E-state index contributed by atoms with van der Waals surface area (Å²) in [6, 6.07) is 1.91. The zero-order chi connectivity index (χ0) is 10.7. The van der Waals surface area contributed by atoms with Crippen LogP contribution >= 0.6 is 0 Å². The number of aromatic nitrogens is 4. The normalized spacial score (nSPS) is 10.5. The Morgan fingerprint density at radius 2 is 2.40 bits per heavy atom. The molecule has 0 aliphatic rings. The third kappa shape index (κ3) is 2.12. The molecule has 0 saturated carbocycles. The van der Waals surface area contributed by atoms with E-state index in [4.69, 9.17) is 0 Å². The summed E-state index contributed by atoms with van der Waals surface area (Å²) in [5.41, 5.74) is 1.05. The molecule has 0 spiro atoms. The van der Waals surface area contributed by atoms with Crippen molar-refractivity contribution in [2.45, 2.75) is 12.8 Å². The van der Waals surface area contributed by atoms with Gasteiger partial charge in [-0.2, -0.15) is 5.10 Å². The van der Waals surface area contributed by atoms with E-state index in [1.54, 1.807) is 23.3 Å². The van der Waals surface area contributed by atoms with Crippen LogP contribution in [0.25, 0.3) is 0 Å². The van der Waals surface area contributed by atoms with Crippen molar-refractivity contribution in [1.82, 2.24) is 19.7 Å². The molecular formula is C10H12N4O. The van der Waals surface area contributed by atoms with E-state index in [1.165, 1.54) is 0 Å². The van der Waals surface area contributed by atoms with Gasteiger partial charge in [-0.3, -0.25) is 9.48 Å². The number of Topliss-reactive ketones (excluding diaryl/α,β-unsaturated/α-hetero) is 1. The number of carbonyl (C=O) groups excluding carboxylic acids is 1. The maximum absolute atomic E-state index is 11.6. The molecule has 2 heterocycles. The van der Waals surface area contributed by atoms with Crippen LogP contribution in [0.3, 0.4) is 0 Å². The SMILES string of the molecule is Cn1nccc1CCC(=O)c1ncc[nH]1. The molecule has 0 aliphatic heterocycles. The first-order chi connectivity index (χ1) is 7.27. The summed E-state index contributed by atoms with van der Waals surface area (Å²) in [5.74, 6) is 0.457. The van der Waals surface area contributed by atoms with Gasteiger partial charge in [-0.15, -0.1) is 0 Å². The van der Waals surface area contributed by atoms with Gasteiger partial charge in [-0.05, 0) is 12.5 Å². The molecular weight excluding hydrogens is 192 g/mol. The topological polar surface area (TPSA) is 63.6 Å². The Bertz CT molecular complexity index is 444. The number of H-pyrrole nitrogens is 1. The number of ketones is 1. The van der Waals surface area contributed by atoms with Crippen LogP contribution in [0.4, 0.5) is 0 Å². The van der Waals surface area contributed by atoms with Crippen LogP contribution in [-0.4, -0.2) is 25.5 Å². The van der Waals surface area contributed by atoms with Crippen LogP contribution in [0.1, 0.15) is 22.7 Å². The first-order valence-corrected chi connectivity index (χ1v) is 4.77. The second-order valence-electron chi connectivity index (χ2n) is 3.31. The first-order valence-electron chi connectivity index (χ1n) is 4.77. The van der Waals surface area contributed by atoms with Crippen LogP contribution in [0, 0.1) is 0 Å². The molecule has 0 aliphatic carbocycles. The summed E-state index contributed by atoms with van der Waals surface area (Å²) < 4.78 is 1.77. The van der Waals surface area contributed by atoms with Gasteiger partial charge in [-0.1, -0.05) is 0 Å². The Morgan fingerprint density at radius 3 is 3.00 bits per heavy atom. The van der Waals surface area contributed by atoms with Crippen molar-refractivity contribution in [3.8, 4) is 0 Å². The zero-order valence-electron chi connectivity index (χ0n) is 8.47. The van der Waals surface area contributed by atoms with E-state index < -0.39 is 0 Å². The fourth-order valence-electron chi connectivity index (χ4n) is 1.42. The highest BCUT2D eigenvalue weighted by atomic mass is 16.1. The largest absolute Gasteiger partial charge is 0.342 e. The van der Waals surface area contributed by atoms with Crippen LogP contribution in [0.2, 0.25) is 0 Å². The maximum Gasteiger partial charge on any atom is 0.198 e.